The van der Waals surface area contributed by atoms with Crippen LogP contribution in [0.3, 0.4) is 0 Å². The molecule has 3 heterocycles. The molecule has 0 aromatic carbocycles. The summed E-state index contributed by atoms with van der Waals surface area (Å²) in [7, 11) is 0. The molecule has 0 radical (unpaired) electrons. The molecule has 32 heavy (non-hydrogen) atoms. The van der Waals surface area contributed by atoms with Crippen molar-refractivity contribution in [1.82, 2.24) is 20.1 Å². The van der Waals surface area contributed by atoms with Crippen molar-refractivity contribution < 1.29 is 19.1 Å². The maximum Gasteiger partial charge on any atom is 0.251 e. The largest absolute Gasteiger partial charge is 0.378 e. The number of unbranched alkanes of at least 4 members (excludes halogenated alkanes) is 1. The summed E-state index contributed by atoms with van der Waals surface area (Å²) in [6.45, 7) is 7.11. The Balaban J connectivity index is 1.66. The molecule has 1 unspecified atom stereocenters. The Labute approximate surface area is 190 Å². The minimum Gasteiger partial charge on any atom is -0.378 e. The highest BCUT2D eigenvalue weighted by atomic mass is 16.5. The van der Waals surface area contributed by atoms with Crippen LogP contribution in [-0.4, -0.2) is 71.9 Å². The van der Waals surface area contributed by atoms with E-state index in [2.05, 4.69) is 17.2 Å². The number of hydrogen-bond donors (Lipinski definition) is 1. The topological polar surface area (TPSA) is 91.8 Å². The van der Waals surface area contributed by atoms with Crippen LogP contribution in [0.2, 0.25) is 0 Å². The summed E-state index contributed by atoms with van der Waals surface area (Å²) in [5.74, 6) is -0.799. The van der Waals surface area contributed by atoms with Gasteiger partial charge in [-0.1, -0.05) is 19.4 Å². The molecule has 1 atom stereocenters. The summed E-state index contributed by atoms with van der Waals surface area (Å²) in [4.78, 5) is 46.7. The average Bonchev–Trinajstić information content (AvgIpc) is 2.81. The van der Waals surface area contributed by atoms with Gasteiger partial charge in [0.1, 0.15) is 0 Å². The van der Waals surface area contributed by atoms with Crippen molar-refractivity contribution in [2.24, 2.45) is 5.92 Å². The molecule has 8 nitrogen and oxygen atoms in total. The summed E-state index contributed by atoms with van der Waals surface area (Å²) in [6, 6.07) is 5.68. The zero-order valence-corrected chi connectivity index (χ0v) is 19.1. The zero-order valence-electron chi connectivity index (χ0n) is 19.1. The molecular formula is C24H34N4O4. The van der Waals surface area contributed by atoms with Crippen molar-refractivity contribution in [1.29, 1.82) is 0 Å². The maximum atomic E-state index is 13.2. The van der Waals surface area contributed by atoms with Gasteiger partial charge in [-0.25, -0.2) is 0 Å². The van der Waals surface area contributed by atoms with E-state index >= 15 is 0 Å². The van der Waals surface area contributed by atoms with E-state index in [1.807, 2.05) is 25.1 Å². The van der Waals surface area contributed by atoms with Crippen LogP contribution in [0.25, 0.3) is 0 Å². The lowest BCUT2D eigenvalue weighted by Gasteiger charge is -2.37. The molecule has 3 rings (SSSR count). The van der Waals surface area contributed by atoms with Crippen LogP contribution in [0.5, 0.6) is 0 Å². The van der Waals surface area contributed by atoms with Gasteiger partial charge in [0.05, 0.1) is 19.1 Å². The van der Waals surface area contributed by atoms with Crippen LogP contribution >= 0.6 is 0 Å². The third kappa shape index (κ3) is 6.16. The molecule has 1 aromatic heterocycles. The van der Waals surface area contributed by atoms with Crippen LogP contribution in [0, 0.1) is 5.92 Å². The van der Waals surface area contributed by atoms with Gasteiger partial charge in [-0.15, -0.1) is 0 Å². The number of carbonyl (C=O) groups is 3. The normalized spacial score (nSPS) is 19.3. The Morgan fingerprint density at radius 2 is 2.03 bits per heavy atom. The first-order valence-corrected chi connectivity index (χ1v) is 11.6. The zero-order chi connectivity index (χ0) is 22.9. The lowest BCUT2D eigenvalue weighted by atomic mass is 9.88. The molecule has 1 saturated heterocycles. The summed E-state index contributed by atoms with van der Waals surface area (Å²) in [5, 5.41) is 2.90. The molecule has 1 N–H and O–H groups in total. The monoisotopic (exact) mass is 442 g/mol. The molecule has 1 fully saturated rings. The van der Waals surface area contributed by atoms with Crippen LogP contribution in [0.4, 0.5) is 0 Å². The number of nitrogens with zero attached hydrogens (tertiary/aromatic N) is 3. The standard InChI is InChI=1S/C24H34N4O4/c1-3-4-11-28-18(2)21(24(31)27-12-14-32-15-13-27)16-19(23(28)30)17-22(29)26-10-8-20-7-5-6-9-25-20/h5-7,9,19H,3-4,8,10-17H2,1-2H3,(H,26,29). The number of amides is 3. The maximum absolute atomic E-state index is 13.2. The number of allylic oxidation sites excluding steroid dienone is 1. The number of aromatic nitrogens is 1. The van der Waals surface area contributed by atoms with E-state index in [9.17, 15) is 14.4 Å². The molecule has 8 heteroatoms. The van der Waals surface area contributed by atoms with Crippen LogP contribution in [-0.2, 0) is 25.5 Å². The second-order valence-electron chi connectivity index (χ2n) is 8.34. The van der Waals surface area contributed by atoms with Gasteiger partial charge >= 0.3 is 0 Å². The van der Waals surface area contributed by atoms with Gasteiger partial charge in [-0.2, -0.15) is 0 Å². The van der Waals surface area contributed by atoms with E-state index in [0.29, 0.717) is 57.8 Å². The molecule has 174 valence electrons. The van der Waals surface area contributed by atoms with Crippen molar-refractivity contribution in [3.05, 3.63) is 41.4 Å². The van der Waals surface area contributed by atoms with Crippen molar-refractivity contribution in [2.45, 2.75) is 46.0 Å². The smallest absolute Gasteiger partial charge is 0.251 e. The highest BCUT2D eigenvalue weighted by Crippen LogP contribution is 2.31. The first kappa shape index (κ1) is 23.9. The molecule has 2 aliphatic heterocycles. The number of rotatable bonds is 9. The van der Waals surface area contributed by atoms with E-state index in [4.69, 9.17) is 4.74 Å². The van der Waals surface area contributed by atoms with Crippen molar-refractivity contribution in [3.63, 3.8) is 0 Å². The average molecular weight is 443 g/mol. The van der Waals surface area contributed by atoms with Crippen molar-refractivity contribution >= 4 is 17.7 Å². The van der Waals surface area contributed by atoms with Gasteiger partial charge < -0.3 is 19.9 Å². The number of carbonyl (C=O) groups excluding carboxylic acids is 3. The van der Waals surface area contributed by atoms with Gasteiger partial charge in [-0.05, 0) is 31.9 Å². The fourth-order valence-electron chi connectivity index (χ4n) is 4.15. The Hall–Kier alpha value is -2.74. The molecule has 0 aliphatic carbocycles. The second kappa shape index (κ2) is 11.8. The molecular weight excluding hydrogens is 408 g/mol. The third-order valence-electron chi connectivity index (χ3n) is 6.06. The van der Waals surface area contributed by atoms with Gasteiger partial charge in [0, 0.05) is 62.2 Å². The van der Waals surface area contributed by atoms with E-state index in [-0.39, 0.29) is 24.1 Å². The van der Waals surface area contributed by atoms with E-state index in [1.165, 1.54) is 0 Å². The van der Waals surface area contributed by atoms with E-state index in [1.54, 1.807) is 16.0 Å². The molecule has 1 aromatic rings. The third-order valence-corrected chi connectivity index (χ3v) is 6.06. The van der Waals surface area contributed by atoms with Gasteiger partial charge in [-0.3, -0.25) is 19.4 Å². The SMILES string of the molecule is CCCCN1C(=O)C(CC(=O)NCCc2ccccn2)CC(C(=O)N2CCOCC2)=C1C. The number of ether oxygens (including phenoxy) is 1. The highest BCUT2D eigenvalue weighted by Gasteiger charge is 2.37. The summed E-state index contributed by atoms with van der Waals surface area (Å²) in [6.07, 6.45) is 4.54. The molecule has 0 spiro atoms. The minimum atomic E-state index is -0.523. The summed E-state index contributed by atoms with van der Waals surface area (Å²) >= 11 is 0. The number of morpholine rings is 1. The van der Waals surface area contributed by atoms with Crippen LogP contribution < -0.4 is 5.32 Å². The Morgan fingerprint density at radius 1 is 1.25 bits per heavy atom. The van der Waals surface area contributed by atoms with Gasteiger partial charge in [0.15, 0.2) is 0 Å². The van der Waals surface area contributed by atoms with Gasteiger partial charge in [0.2, 0.25) is 11.8 Å². The van der Waals surface area contributed by atoms with E-state index < -0.39 is 5.92 Å². The number of nitrogens with one attached hydrogen (secondary N) is 1. The molecule has 0 saturated carbocycles. The molecule has 0 bridgehead atoms. The number of pyridine rings is 1. The molecule has 3 amide bonds. The predicted octanol–water partition coefficient (Wildman–Crippen LogP) is 1.91. The number of hydrogen-bond acceptors (Lipinski definition) is 5. The van der Waals surface area contributed by atoms with Crippen molar-refractivity contribution in [3.8, 4) is 0 Å². The summed E-state index contributed by atoms with van der Waals surface area (Å²) < 4.78 is 5.37. The fraction of sp³-hybridized carbons (Fsp3) is 0.583. The van der Waals surface area contributed by atoms with Crippen LogP contribution in [0.1, 0.15) is 45.2 Å². The van der Waals surface area contributed by atoms with Crippen LogP contribution in [0.15, 0.2) is 35.7 Å². The Kier molecular flexibility index (Phi) is 8.79. The van der Waals surface area contributed by atoms with Crippen molar-refractivity contribution in [2.75, 3.05) is 39.4 Å². The Morgan fingerprint density at radius 3 is 2.72 bits per heavy atom. The lowest BCUT2D eigenvalue weighted by Crippen LogP contribution is -2.47. The quantitative estimate of drug-likeness (QED) is 0.631. The predicted molar refractivity (Wildman–Crippen MR) is 120 cm³/mol. The fourth-order valence-corrected chi connectivity index (χ4v) is 4.15. The highest BCUT2D eigenvalue weighted by molar-refractivity contribution is 5.98. The lowest BCUT2D eigenvalue weighted by molar-refractivity contribution is -0.139. The van der Waals surface area contributed by atoms with Gasteiger partial charge in [0.25, 0.3) is 5.91 Å². The second-order valence-corrected chi connectivity index (χ2v) is 8.34. The molecule has 2 aliphatic rings. The first-order valence-electron chi connectivity index (χ1n) is 11.6. The first-order chi connectivity index (χ1) is 15.5. The minimum absolute atomic E-state index is 0.0413. The summed E-state index contributed by atoms with van der Waals surface area (Å²) in [5.41, 5.74) is 2.28. The van der Waals surface area contributed by atoms with E-state index in [0.717, 1.165) is 24.2 Å². The Bertz CT molecular complexity index is 834.